The zero-order chi connectivity index (χ0) is 14.9. The molecule has 0 radical (unpaired) electrons. The molecule has 2 rings (SSSR count). The minimum atomic E-state index is -3.83. The fourth-order valence-corrected chi connectivity index (χ4v) is 5.24. The van der Waals surface area contributed by atoms with E-state index < -0.39 is 10.0 Å². The fourth-order valence-electron chi connectivity index (χ4n) is 2.21. The highest BCUT2D eigenvalue weighted by molar-refractivity contribution is 7.89. The van der Waals surface area contributed by atoms with Crippen molar-refractivity contribution in [3.8, 4) is 0 Å². The largest absolute Gasteiger partial charge is 0.303 e. The highest BCUT2D eigenvalue weighted by Gasteiger charge is 2.33. The quantitative estimate of drug-likeness (QED) is 0.781. The van der Waals surface area contributed by atoms with Gasteiger partial charge in [-0.05, 0) is 25.0 Å². The molecule has 1 aromatic carbocycles. The third kappa shape index (κ3) is 3.12. The first kappa shape index (κ1) is 16.0. The van der Waals surface area contributed by atoms with Gasteiger partial charge in [-0.1, -0.05) is 34.8 Å². The summed E-state index contributed by atoms with van der Waals surface area (Å²) in [6.45, 7) is 0.503. The van der Waals surface area contributed by atoms with Crippen LogP contribution in [0.15, 0.2) is 17.0 Å². The van der Waals surface area contributed by atoms with E-state index in [0.29, 0.717) is 19.4 Å². The summed E-state index contributed by atoms with van der Waals surface area (Å²) in [6, 6.07) is 2.67. The van der Waals surface area contributed by atoms with Crippen LogP contribution in [-0.2, 0) is 14.8 Å². The first-order valence-electron chi connectivity index (χ1n) is 5.96. The van der Waals surface area contributed by atoms with E-state index in [1.54, 1.807) is 0 Å². The molecular weight excluding hydrogens is 345 g/mol. The summed E-state index contributed by atoms with van der Waals surface area (Å²) in [5.74, 6) is -0.289. The van der Waals surface area contributed by atoms with E-state index in [-0.39, 0.29) is 32.4 Å². The van der Waals surface area contributed by atoms with Crippen LogP contribution in [0.4, 0.5) is 0 Å². The molecule has 0 N–H and O–H groups in total. The standard InChI is InChI=1S/C12H12Cl3NO3S/c13-9-4-10(14)12(11(15)5-9)20(18,19)16-3-1-2-8(6-16)7-17/h4-5,7-8H,1-3,6H2. The summed E-state index contributed by atoms with van der Waals surface area (Å²) < 4.78 is 26.4. The Morgan fingerprint density at radius 3 is 2.35 bits per heavy atom. The number of benzene rings is 1. The van der Waals surface area contributed by atoms with E-state index in [2.05, 4.69) is 0 Å². The van der Waals surface area contributed by atoms with Gasteiger partial charge >= 0.3 is 0 Å². The zero-order valence-corrected chi connectivity index (χ0v) is 13.4. The van der Waals surface area contributed by atoms with Crippen molar-refractivity contribution in [2.24, 2.45) is 5.92 Å². The molecule has 110 valence electrons. The molecule has 1 unspecified atom stereocenters. The molecule has 1 fully saturated rings. The molecule has 20 heavy (non-hydrogen) atoms. The van der Waals surface area contributed by atoms with Crippen molar-refractivity contribution >= 4 is 51.1 Å². The van der Waals surface area contributed by atoms with Gasteiger partial charge in [-0.15, -0.1) is 0 Å². The predicted molar refractivity (Wildman–Crippen MR) is 79.0 cm³/mol. The van der Waals surface area contributed by atoms with Gasteiger partial charge in [0.25, 0.3) is 0 Å². The van der Waals surface area contributed by atoms with Gasteiger partial charge in [-0.3, -0.25) is 0 Å². The van der Waals surface area contributed by atoms with E-state index in [4.69, 9.17) is 34.8 Å². The van der Waals surface area contributed by atoms with Crippen LogP contribution in [-0.4, -0.2) is 32.1 Å². The lowest BCUT2D eigenvalue weighted by atomic mass is 10.0. The molecule has 0 bridgehead atoms. The maximum absolute atomic E-state index is 12.6. The second-order valence-electron chi connectivity index (χ2n) is 4.60. The summed E-state index contributed by atoms with van der Waals surface area (Å²) in [5, 5.41) is 0.231. The van der Waals surface area contributed by atoms with Gasteiger partial charge in [0.1, 0.15) is 11.2 Å². The number of rotatable bonds is 3. The average Bonchev–Trinajstić information content (AvgIpc) is 2.37. The van der Waals surface area contributed by atoms with Gasteiger partial charge in [0, 0.05) is 24.0 Å². The second-order valence-corrected chi connectivity index (χ2v) is 7.73. The molecule has 4 nitrogen and oxygen atoms in total. The first-order valence-corrected chi connectivity index (χ1v) is 8.53. The monoisotopic (exact) mass is 355 g/mol. The summed E-state index contributed by atoms with van der Waals surface area (Å²) in [6.07, 6.45) is 2.11. The molecule has 1 heterocycles. The van der Waals surface area contributed by atoms with Crippen LogP contribution < -0.4 is 0 Å². The van der Waals surface area contributed by atoms with Crippen LogP contribution >= 0.6 is 34.8 Å². The van der Waals surface area contributed by atoms with Crippen molar-refractivity contribution < 1.29 is 13.2 Å². The maximum Gasteiger partial charge on any atom is 0.246 e. The number of halogens is 3. The van der Waals surface area contributed by atoms with Crippen LogP contribution in [0.1, 0.15) is 12.8 Å². The Labute approximate surface area is 132 Å². The molecular formula is C12H12Cl3NO3S. The molecule has 1 aliphatic rings. The molecule has 0 amide bonds. The Kier molecular flexibility index (Phi) is 4.97. The lowest BCUT2D eigenvalue weighted by Crippen LogP contribution is -2.40. The van der Waals surface area contributed by atoms with Crippen molar-refractivity contribution in [3.63, 3.8) is 0 Å². The summed E-state index contributed by atoms with van der Waals surface area (Å²) >= 11 is 17.7. The Balaban J connectivity index is 2.43. The second kappa shape index (κ2) is 6.20. The van der Waals surface area contributed by atoms with Gasteiger partial charge in [-0.25, -0.2) is 8.42 Å². The first-order chi connectivity index (χ1) is 9.36. The summed E-state index contributed by atoms with van der Waals surface area (Å²) in [7, 11) is -3.83. The zero-order valence-electron chi connectivity index (χ0n) is 10.4. The Hall–Kier alpha value is -0.330. The number of hydrogen-bond acceptors (Lipinski definition) is 3. The maximum atomic E-state index is 12.6. The molecule has 0 aliphatic carbocycles. The van der Waals surface area contributed by atoms with Crippen molar-refractivity contribution in [2.75, 3.05) is 13.1 Å². The molecule has 0 saturated carbocycles. The van der Waals surface area contributed by atoms with Crippen LogP contribution in [0.3, 0.4) is 0 Å². The van der Waals surface area contributed by atoms with Crippen LogP contribution in [0.5, 0.6) is 0 Å². The number of carbonyl (C=O) groups is 1. The van der Waals surface area contributed by atoms with E-state index in [0.717, 1.165) is 6.29 Å². The highest BCUT2D eigenvalue weighted by Crippen LogP contribution is 2.35. The smallest absolute Gasteiger partial charge is 0.246 e. The average molecular weight is 357 g/mol. The molecule has 1 aliphatic heterocycles. The molecule has 8 heteroatoms. The summed E-state index contributed by atoms with van der Waals surface area (Å²) in [5.41, 5.74) is 0. The normalized spacial score (nSPS) is 20.9. The van der Waals surface area contributed by atoms with Crippen molar-refractivity contribution in [1.29, 1.82) is 0 Å². The van der Waals surface area contributed by atoms with Crippen molar-refractivity contribution in [2.45, 2.75) is 17.7 Å². The van der Waals surface area contributed by atoms with E-state index in [9.17, 15) is 13.2 Å². The van der Waals surface area contributed by atoms with Crippen molar-refractivity contribution in [3.05, 3.63) is 27.2 Å². The van der Waals surface area contributed by atoms with Crippen LogP contribution in [0, 0.1) is 5.92 Å². The van der Waals surface area contributed by atoms with Gasteiger partial charge in [-0.2, -0.15) is 4.31 Å². The van der Waals surface area contributed by atoms with Gasteiger partial charge in [0.05, 0.1) is 10.0 Å². The third-order valence-electron chi connectivity index (χ3n) is 3.17. The number of nitrogens with zero attached hydrogens (tertiary/aromatic N) is 1. The van der Waals surface area contributed by atoms with Crippen molar-refractivity contribution in [1.82, 2.24) is 4.31 Å². The van der Waals surface area contributed by atoms with E-state index in [1.807, 2.05) is 0 Å². The summed E-state index contributed by atoms with van der Waals surface area (Å²) in [4.78, 5) is 10.7. The Morgan fingerprint density at radius 1 is 1.20 bits per heavy atom. The van der Waals surface area contributed by atoms with E-state index >= 15 is 0 Å². The molecule has 1 atom stereocenters. The number of carbonyl (C=O) groups excluding carboxylic acids is 1. The van der Waals surface area contributed by atoms with Crippen LogP contribution in [0.2, 0.25) is 15.1 Å². The minimum absolute atomic E-state index is 0.0178. The number of aldehydes is 1. The predicted octanol–water partition coefficient (Wildman–Crippen LogP) is 3.25. The third-order valence-corrected chi connectivity index (χ3v) is 6.18. The highest BCUT2D eigenvalue weighted by atomic mass is 35.5. The van der Waals surface area contributed by atoms with Gasteiger partial charge < -0.3 is 4.79 Å². The number of sulfonamides is 1. The fraction of sp³-hybridized carbons (Fsp3) is 0.417. The Morgan fingerprint density at radius 2 is 1.80 bits per heavy atom. The minimum Gasteiger partial charge on any atom is -0.303 e. The topological polar surface area (TPSA) is 54.5 Å². The SMILES string of the molecule is O=CC1CCCN(S(=O)(=O)c2c(Cl)cc(Cl)cc2Cl)C1. The molecule has 1 saturated heterocycles. The Bertz CT molecular complexity index is 610. The number of piperidine rings is 1. The van der Waals surface area contributed by atoms with E-state index in [1.165, 1.54) is 16.4 Å². The van der Waals surface area contributed by atoms with Crippen LogP contribution in [0.25, 0.3) is 0 Å². The van der Waals surface area contributed by atoms with Gasteiger partial charge in [0.2, 0.25) is 10.0 Å². The molecule has 1 aromatic rings. The molecule has 0 spiro atoms. The number of hydrogen-bond donors (Lipinski definition) is 0. The lowest BCUT2D eigenvalue weighted by molar-refractivity contribution is -0.112. The lowest BCUT2D eigenvalue weighted by Gasteiger charge is -2.29. The molecule has 0 aromatic heterocycles. The van der Waals surface area contributed by atoms with Gasteiger partial charge in [0.15, 0.2) is 0 Å².